The number of carbonyl (C=O) groups is 1. The van der Waals surface area contributed by atoms with Gasteiger partial charge in [-0.25, -0.2) is 9.97 Å². The van der Waals surface area contributed by atoms with E-state index in [0.717, 1.165) is 31.9 Å². The molecule has 0 saturated carbocycles. The Morgan fingerprint density at radius 3 is 2.50 bits per heavy atom. The third-order valence-electron chi connectivity index (χ3n) is 4.30. The van der Waals surface area contributed by atoms with Crippen LogP contribution < -0.4 is 15.5 Å². The number of nitrogens with one attached hydrogen (secondary N) is 2. The molecule has 7 nitrogen and oxygen atoms in total. The third kappa shape index (κ3) is 4.58. The van der Waals surface area contributed by atoms with E-state index in [1.807, 2.05) is 12.1 Å². The van der Waals surface area contributed by atoms with Crippen molar-refractivity contribution in [1.29, 1.82) is 0 Å². The maximum Gasteiger partial charge on any atom is 0.271 e. The molecular weight excluding hydrogens is 328 g/mol. The van der Waals surface area contributed by atoms with Crippen LogP contribution in [0.4, 0.5) is 17.2 Å². The number of rotatable bonds is 6. The first-order valence-corrected chi connectivity index (χ1v) is 8.67. The lowest BCUT2D eigenvalue weighted by molar-refractivity contribution is 0.0952. The fourth-order valence-electron chi connectivity index (χ4n) is 2.73. The Bertz CT molecular complexity index is 736. The molecule has 1 aliphatic heterocycles. The van der Waals surface area contributed by atoms with E-state index in [-0.39, 0.29) is 11.6 Å². The second-order valence-electron chi connectivity index (χ2n) is 6.25. The number of piperazine rings is 1. The summed E-state index contributed by atoms with van der Waals surface area (Å²) in [5.74, 6) is 0.332. The SMILES string of the molecule is C=CCNC(=O)c1cnc(Nc2ccc(N3CCN(C)CC3)cc2)cn1. The summed E-state index contributed by atoms with van der Waals surface area (Å²) >= 11 is 0. The number of aromatic nitrogens is 2. The van der Waals surface area contributed by atoms with Crippen molar-refractivity contribution >= 4 is 23.1 Å². The van der Waals surface area contributed by atoms with Crippen LogP contribution in [0.1, 0.15) is 10.5 Å². The molecule has 2 aromatic rings. The summed E-state index contributed by atoms with van der Waals surface area (Å²) in [6.07, 6.45) is 4.63. The maximum absolute atomic E-state index is 11.8. The van der Waals surface area contributed by atoms with Crippen LogP contribution in [0, 0.1) is 0 Å². The Balaban J connectivity index is 1.58. The summed E-state index contributed by atoms with van der Waals surface area (Å²) in [4.78, 5) is 24.9. The van der Waals surface area contributed by atoms with E-state index < -0.39 is 0 Å². The second kappa shape index (κ2) is 8.44. The molecule has 3 rings (SSSR count). The predicted octanol–water partition coefficient (Wildman–Crippen LogP) is 1.89. The summed E-state index contributed by atoms with van der Waals surface area (Å²) < 4.78 is 0. The van der Waals surface area contributed by atoms with E-state index in [2.05, 4.69) is 56.2 Å². The molecule has 0 atom stereocenters. The normalized spacial score (nSPS) is 14.7. The molecule has 0 aliphatic carbocycles. The number of anilines is 3. The molecule has 136 valence electrons. The molecule has 1 fully saturated rings. The summed E-state index contributed by atoms with van der Waals surface area (Å²) in [6.45, 7) is 8.23. The number of hydrogen-bond acceptors (Lipinski definition) is 6. The van der Waals surface area contributed by atoms with E-state index in [1.165, 1.54) is 11.9 Å². The molecule has 0 spiro atoms. The van der Waals surface area contributed by atoms with Gasteiger partial charge < -0.3 is 20.4 Å². The largest absolute Gasteiger partial charge is 0.369 e. The van der Waals surface area contributed by atoms with Crippen molar-refractivity contribution in [3.05, 3.63) is 55.0 Å². The highest BCUT2D eigenvalue weighted by molar-refractivity contribution is 5.92. The van der Waals surface area contributed by atoms with Gasteiger partial charge in [0.05, 0.1) is 12.4 Å². The van der Waals surface area contributed by atoms with Crippen molar-refractivity contribution in [3.8, 4) is 0 Å². The van der Waals surface area contributed by atoms with Crippen LogP contribution in [0.15, 0.2) is 49.3 Å². The van der Waals surface area contributed by atoms with Gasteiger partial charge in [0.25, 0.3) is 5.91 Å². The second-order valence-corrected chi connectivity index (χ2v) is 6.25. The van der Waals surface area contributed by atoms with Crippen LogP contribution in [0.25, 0.3) is 0 Å². The number of benzene rings is 1. The monoisotopic (exact) mass is 352 g/mol. The summed E-state index contributed by atoms with van der Waals surface area (Å²) in [5, 5.41) is 5.87. The quantitative estimate of drug-likeness (QED) is 0.774. The highest BCUT2D eigenvalue weighted by atomic mass is 16.1. The Morgan fingerprint density at radius 1 is 1.15 bits per heavy atom. The van der Waals surface area contributed by atoms with E-state index in [9.17, 15) is 4.79 Å². The topological polar surface area (TPSA) is 73.4 Å². The lowest BCUT2D eigenvalue weighted by Crippen LogP contribution is -2.44. The van der Waals surface area contributed by atoms with Crippen LogP contribution in [0.3, 0.4) is 0 Å². The van der Waals surface area contributed by atoms with E-state index in [4.69, 9.17) is 0 Å². The lowest BCUT2D eigenvalue weighted by atomic mass is 10.2. The number of hydrogen-bond donors (Lipinski definition) is 2. The van der Waals surface area contributed by atoms with Crippen LogP contribution in [-0.2, 0) is 0 Å². The van der Waals surface area contributed by atoms with Crippen LogP contribution in [-0.4, -0.2) is 60.5 Å². The fourth-order valence-corrected chi connectivity index (χ4v) is 2.73. The summed E-state index contributed by atoms with van der Waals surface area (Å²) in [7, 11) is 2.15. The molecule has 0 unspecified atom stereocenters. The molecule has 0 bridgehead atoms. The fraction of sp³-hybridized carbons (Fsp3) is 0.316. The molecule has 26 heavy (non-hydrogen) atoms. The average molecular weight is 352 g/mol. The van der Waals surface area contributed by atoms with E-state index >= 15 is 0 Å². The first-order chi connectivity index (χ1) is 12.7. The van der Waals surface area contributed by atoms with Gasteiger partial charge >= 0.3 is 0 Å². The minimum absolute atomic E-state index is 0.263. The minimum atomic E-state index is -0.263. The number of likely N-dealkylation sites (N-methyl/N-ethyl adjacent to an activating group) is 1. The summed E-state index contributed by atoms with van der Waals surface area (Å²) in [6, 6.07) is 8.27. The van der Waals surface area contributed by atoms with Crippen LogP contribution >= 0.6 is 0 Å². The molecule has 2 N–H and O–H groups in total. The van der Waals surface area contributed by atoms with Crippen molar-refractivity contribution in [1.82, 2.24) is 20.2 Å². The number of amides is 1. The van der Waals surface area contributed by atoms with Gasteiger partial charge in [-0.2, -0.15) is 0 Å². The summed E-state index contributed by atoms with van der Waals surface area (Å²) in [5.41, 5.74) is 2.44. The van der Waals surface area contributed by atoms with Gasteiger partial charge in [-0.1, -0.05) is 6.08 Å². The Hall–Kier alpha value is -2.93. The van der Waals surface area contributed by atoms with Crippen molar-refractivity contribution < 1.29 is 4.79 Å². The van der Waals surface area contributed by atoms with Crippen molar-refractivity contribution in [3.63, 3.8) is 0 Å². The van der Waals surface area contributed by atoms with Gasteiger partial charge in [-0.3, -0.25) is 4.79 Å². The van der Waals surface area contributed by atoms with Crippen molar-refractivity contribution in [2.45, 2.75) is 0 Å². The Morgan fingerprint density at radius 2 is 1.88 bits per heavy atom. The zero-order valence-corrected chi connectivity index (χ0v) is 15.0. The molecule has 1 amide bonds. The van der Waals surface area contributed by atoms with Gasteiger partial charge in [-0.05, 0) is 31.3 Å². The third-order valence-corrected chi connectivity index (χ3v) is 4.30. The van der Waals surface area contributed by atoms with Crippen LogP contribution in [0.5, 0.6) is 0 Å². The molecule has 1 aliphatic rings. The number of carbonyl (C=O) groups excluding carboxylic acids is 1. The first-order valence-electron chi connectivity index (χ1n) is 8.67. The smallest absolute Gasteiger partial charge is 0.271 e. The molecule has 0 radical (unpaired) electrons. The van der Waals surface area contributed by atoms with E-state index in [1.54, 1.807) is 12.3 Å². The lowest BCUT2D eigenvalue weighted by Gasteiger charge is -2.34. The molecule has 1 saturated heterocycles. The molecule has 2 heterocycles. The molecule has 1 aromatic carbocycles. The van der Waals surface area contributed by atoms with E-state index in [0.29, 0.717) is 12.4 Å². The standard InChI is InChI=1S/C19H24N6O/c1-3-8-20-19(26)17-13-22-18(14-21-17)23-15-4-6-16(7-5-15)25-11-9-24(2)10-12-25/h3-7,13-14H,1,8-12H2,2H3,(H,20,26)(H,22,23). The van der Waals surface area contributed by atoms with Gasteiger partial charge in [0.1, 0.15) is 11.5 Å². The van der Waals surface area contributed by atoms with Crippen molar-refractivity contribution in [2.24, 2.45) is 0 Å². The maximum atomic E-state index is 11.8. The average Bonchev–Trinajstić information content (AvgIpc) is 2.68. The highest BCUT2D eigenvalue weighted by Gasteiger charge is 2.14. The van der Waals surface area contributed by atoms with Gasteiger partial charge in [0.15, 0.2) is 0 Å². The molecule has 7 heteroatoms. The Labute approximate surface area is 153 Å². The zero-order valence-electron chi connectivity index (χ0n) is 15.0. The van der Waals surface area contributed by atoms with Crippen LogP contribution in [0.2, 0.25) is 0 Å². The predicted molar refractivity (Wildman–Crippen MR) is 104 cm³/mol. The molecular formula is C19H24N6O. The van der Waals surface area contributed by atoms with Gasteiger partial charge in [0, 0.05) is 44.1 Å². The number of nitrogens with zero attached hydrogens (tertiary/aromatic N) is 4. The van der Waals surface area contributed by atoms with Gasteiger partial charge in [0.2, 0.25) is 0 Å². The highest BCUT2D eigenvalue weighted by Crippen LogP contribution is 2.21. The molecule has 1 aromatic heterocycles. The van der Waals surface area contributed by atoms with Crippen molar-refractivity contribution in [2.75, 3.05) is 50.0 Å². The Kier molecular flexibility index (Phi) is 5.80. The van der Waals surface area contributed by atoms with Gasteiger partial charge in [-0.15, -0.1) is 6.58 Å². The minimum Gasteiger partial charge on any atom is -0.369 e. The zero-order chi connectivity index (χ0) is 18.4. The first kappa shape index (κ1) is 17.9.